The van der Waals surface area contributed by atoms with Crippen molar-refractivity contribution in [3.8, 4) is 11.5 Å². The molecule has 13 heavy (non-hydrogen) atoms. The molecule has 0 bridgehead atoms. The Labute approximate surface area is 80.3 Å². The van der Waals surface area contributed by atoms with E-state index in [-0.39, 0.29) is 0 Å². The number of oxazole rings is 1. The van der Waals surface area contributed by atoms with Crippen molar-refractivity contribution in [2.75, 3.05) is 0 Å². The largest absolute Gasteiger partial charge is 0.461 e. The van der Waals surface area contributed by atoms with Gasteiger partial charge in [0.1, 0.15) is 5.69 Å². The van der Waals surface area contributed by atoms with Crippen LogP contribution >= 0.6 is 11.6 Å². The number of hydrogen-bond donors (Lipinski definition) is 0. The topological polar surface area (TPSA) is 39.2 Å². The van der Waals surface area contributed by atoms with Crippen LogP contribution in [0.25, 0.3) is 11.5 Å². The van der Waals surface area contributed by atoms with Crippen molar-refractivity contribution >= 4 is 11.6 Å². The predicted molar refractivity (Wildman–Crippen MR) is 48.5 cm³/mol. The third kappa shape index (κ3) is 1.35. The highest BCUT2D eigenvalue weighted by molar-refractivity contribution is 6.17. The van der Waals surface area contributed by atoms with Crippen molar-refractivity contribution in [3.05, 3.63) is 30.0 Å². The van der Waals surface area contributed by atoms with Gasteiger partial charge in [-0.05, 0) is 18.6 Å². The molecule has 0 aromatic carbocycles. The molecule has 0 saturated carbocycles. The van der Waals surface area contributed by atoms with Gasteiger partial charge in [-0.25, -0.2) is 4.98 Å². The molecule has 0 saturated heterocycles. The van der Waals surface area contributed by atoms with E-state index in [1.807, 2.05) is 13.0 Å². The van der Waals surface area contributed by atoms with Gasteiger partial charge in [0.25, 0.3) is 0 Å². The number of nitrogens with zero attached hydrogens (tertiary/aromatic N) is 1. The van der Waals surface area contributed by atoms with Gasteiger partial charge in [-0.3, -0.25) is 0 Å². The second kappa shape index (κ2) is 3.26. The number of alkyl halides is 1. The maximum atomic E-state index is 5.68. The highest BCUT2D eigenvalue weighted by Gasteiger charge is 2.14. The molecule has 0 atom stereocenters. The molecule has 68 valence electrons. The number of rotatable bonds is 2. The Morgan fingerprint density at radius 3 is 2.85 bits per heavy atom. The van der Waals surface area contributed by atoms with Crippen LogP contribution in [-0.4, -0.2) is 4.98 Å². The first-order valence-corrected chi connectivity index (χ1v) is 4.39. The molecule has 0 aliphatic rings. The van der Waals surface area contributed by atoms with E-state index in [0.29, 0.717) is 23.1 Å². The summed E-state index contributed by atoms with van der Waals surface area (Å²) in [4.78, 5) is 3.97. The van der Waals surface area contributed by atoms with E-state index >= 15 is 0 Å². The lowest BCUT2D eigenvalue weighted by Crippen LogP contribution is -1.82. The lowest BCUT2D eigenvalue weighted by Gasteiger charge is -1.94. The molecular weight excluding hydrogens is 190 g/mol. The van der Waals surface area contributed by atoms with Crippen molar-refractivity contribution in [1.82, 2.24) is 4.98 Å². The average molecular weight is 198 g/mol. The van der Waals surface area contributed by atoms with Crippen LogP contribution in [0.3, 0.4) is 0 Å². The highest BCUT2D eigenvalue weighted by Crippen LogP contribution is 2.27. The number of furan rings is 1. The average Bonchev–Trinajstić information content (AvgIpc) is 2.71. The molecule has 0 aliphatic heterocycles. The third-order valence-corrected chi connectivity index (χ3v) is 2.09. The van der Waals surface area contributed by atoms with E-state index in [1.54, 1.807) is 6.26 Å². The Morgan fingerprint density at radius 1 is 1.38 bits per heavy atom. The van der Waals surface area contributed by atoms with Gasteiger partial charge in [0.05, 0.1) is 12.1 Å². The van der Waals surface area contributed by atoms with E-state index in [2.05, 4.69) is 4.98 Å². The molecular formula is C9H8ClNO2. The Bertz CT molecular complexity index is 405. The zero-order chi connectivity index (χ0) is 9.26. The number of hydrogen-bond acceptors (Lipinski definition) is 3. The summed E-state index contributed by atoms with van der Waals surface area (Å²) in [7, 11) is 0. The van der Waals surface area contributed by atoms with Crippen LogP contribution in [0.1, 0.15) is 11.3 Å². The molecule has 2 heterocycles. The van der Waals surface area contributed by atoms with Crippen LogP contribution in [0.4, 0.5) is 0 Å². The van der Waals surface area contributed by atoms with Gasteiger partial charge >= 0.3 is 0 Å². The van der Waals surface area contributed by atoms with E-state index in [1.165, 1.54) is 6.39 Å². The summed E-state index contributed by atoms with van der Waals surface area (Å²) in [6, 6.07) is 1.87. The molecule has 2 aromatic rings. The molecule has 0 unspecified atom stereocenters. The summed E-state index contributed by atoms with van der Waals surface area (Å²) in [6.45, 7) is 1.94. The summed E-state index contributed by atoms with van der Waals surface area (Å²) < 4.78 is 10.5. The van der Waals surface area contributed by atoms with Crippen LogP contribution in [0.2, 0.25) is 0 Å². The Hall–Kier alpha value is -1.22. The predicted octanol–water partition coefficient (Wildman–Crippen LogP) is 2.98. The molecule has 0 spiro atoms. The standard InChI is InChI=1S/C9H8ClNO2/c1-6-2-3-12-8(6)9-7(4-10)11-5-13-9/h2-3,5H,4H2,1H3. The Balaban J connectivity index is 2.52. The van der Waals surface area contributed by atoms with E-state index < -0.39 is 0 Å². The highest BCUT2D eigenvalue weighted by atomic mass is 35.5. The van der Waals surface area contributed by atoms with Gasteiger partial charge in [-0.1, -0.05) is 0 Å². The van der Waals surface area contributed by atoms with Crippen LogP contribution in [0, 0.1) is 6.92 Å². The molecule has 2 aromatic heterocycles. The zero-order valence-corrected chi connectivity index (χ0v) is 7.84. The lowest BCUT2D eigenvalue weighted by atomic mass is 10.2. The van der Waals surface area contributed by atoms with Crippen molar-refractivity contribution < 1.29 is 8.83 Å². The monoisotopic (exact) mass is 197 g/mol. The van der Waals surface area contributed by atoms with E-state index in [0.717, 1.165) is 5.56 Å². The molecule has 0 N–H and O–H groups in total. The van der Waals surface area contributed by atoms with Gasteiger partial charge in [0.15, 0.2) is 17.9 Å². The number of aryl methyl sites for hydroxylation is 1. The first kappa shape index (κ1) is 8.38. The van der Waals surface area contributed by atoms with Crippen LogP contribution in [-0.2, 0) is 5.88 Å². The number of halogens is 1. The minimum atomic E-state index is 0.325. The van der Waals surface area contributed by atoms with Crippen LogP contribution in [0.5, 0.6) is 0 Å². The Morgan fingerprint density at radius 2 is 2.23 bits per heavy atom. The fourth-order valence-electron chi connectivity index (χ4n) is 1.15. The van der Waals surface area contributed by atoms with Crippen molar-refractivity contribution in [1.29, 1.82) is 0 Å². The molecule has 0 aliphatic carbocycles. The molecule has 0 fully saturated rings. The lowest BCUT2D eigenvalue weighted by molar-refractivity contribution is 0.518. The SMILES string of the molecule is Cc1ccoc1-c1ocnc1CCl. The number of aromatic nitrogens is 1. The maximum absolute atomic E-state index is 5.68. The normalized spacial score (nSPS) is 10.6. The molecule has 2 rings (SSSR count). The van der Waals surface area contributed by atoms with Gasteiger partial charge in [-0.2, -0.15) is 0 Å². The Kier molecular flexibility index (Phi) is 2.10. The summed E-state index contributed by atoms with van der Waals surface area (Å²) >= 11 is 5.68. The molecule has 4 heteroatoms. The van der Waals surface area contributed by atoms with E-state index in [9.17, 15) is 0 Å². The summed E-state index contributed by atoms with van der Waals surface area (Å²) in [6.07, 6.45) is 2.99. The summed E-state index contributed by atoms with van der Waals surface area (Å²) in [5, 5.41) is 0. The second-order valence-corrected chi connectivity index (χ2v) is 2.96. The van der Waals surface area contributed by atoms with Gasteiger partial charge < -0.3 is 8.83 Å². The minimum absolute atomic E-state index is 0.325. The fourth-order valence-corrected chi connectivity index (χ4v) is 1.34. The fraction of sp³-hybridized carbons (Fsp3) is 0.222. The molecule has 3 nitrogen and oxygen atoms in total. The summed E-state index contributed by atoms with van der Waals surface area (Å²) in [5.74, 6) is 1.65. The van der Waals surface area contributed by atoms with Crippen molar-refractivity contribution in [2.45, 2.75) is 12.8 Å². The zero-order valence-electron chi connectivity index (χ0n) is 7.08. The third-order valence-electron chi connectivity index (χ3n) is 1.84. The molecule has 0 radical (unpaired) electrons. The van der Waals surface area contributed by atoms with Crippen molar-refractivity contribution in [2.24, 2.45) is 0 Å². The summed E-state index contributed by atoms with van der Waals surface area (Å²) in [5.41, 5.74) is 1.72. The van der Waals surface area contributed by atoms with Gasteiger partial charge in [-0.15, -0.1) is 11.6 Å². The molecule has 0 amide bonds. The van der Waals surface area contributed by atoms with Crippen LogP contribution < -0.4 is 0 Å². The minimum Gasteiger partial charge on any atom is -0.461 e. The van der Waals surface area contributed by atoms with Crippen molar-refractivity contribution in [3.63, 3.8) is 0 Å². The maximum Gasteiger partial charge on any atom is 0.194 e. The smallest absolute Gasteiger partial charge is 0.194 e. The quantitative estimate of drug-likeness (QED) is 0.695. The van der Waals surface area contributed by atoms with Crippen LogP contribution in [0.15, 0.2) is 27.6 Å². The van der Waals surface area contributed by atoms with Gasteiger partial charge in [0, 0.05) is 0 Å². The first-order chi connectivity index (χ1) is 6.33. The second-order valence-electron chi connectivity index (χ2n) is 2.69. The first-order valence-electron chi connectivity index (χ1n) is 3.85. The van der Waals surface area contributed by atoms with Gasteiger partial charge in [0.2, 0.25) is 0 Å². The van der Waals surface area contributed by atoms with E-state index in [4.69, 9.17) is 20.4 Å².